The predicted octanol–water partition coefficient (Wildman–Crippen LogP) is 5.04. The normalized spacial score (nSPS) is 12.7. The first-order valence-electron chi connectivity index (χ1n) is 6.83. The van der Waals surface area contributed by atoms with Crippen LogP contribution in [0.25, 0.3) is 0 Å². The minimum atomic E-state index is -2.65. The average Bonchev–Trinajstić information content (AvgIpc) is 2.20. The number of hydrogen-bond donors (Lipinski definition) is 0. The molecule has 104 valence electrons. The Morgan fingerprint density at radius 1 is 0.941 bits per heavy atom. The molecule has 0 atom stereocenters. The molecule has 0 N–H and O–H groups in total. The monoisotopic (exact) mass is 250 g/mol. The van der Waals surface area contributed by atoms with Gasteiger partial charge in [-0.05, 0) is 26.2 Å². The number of rotatable bonds is 10. The summed E-state index contributed by atoms with van der Waals surface area (Å²) < 4.78 is 31.6. The zero-order valence-electron chi connectivity index (χ0n) is 11.8. The molecule has 0 aliphatic carbocycles. The molecule has 0 amide bonds. The van der Waals surface area contributed by atoms with Crippen LogP contribution in [0.2, 0.25) is 0 Å². The van der Waals surface area contributed by atoms with E-state index in [1.165, 1.54) is 6.42 Å². The first kappa shape index (κ1) is 16.8. The van der Waals surface area contributed by atoms with Crippen molar-refractivity contribution >= 4 is 0 Å². The van der Waals surface area contributed by atoms with Gasteiger partial charge in [-0.3, -0.25) is 0 Å². The summed E-state index contributed by atoms with van der Waals surface area (Å²) in [5.41, 5.74) is 0. The number of ether oxygens (including phenoxy) is 1. The maximum Gasteiger partial charge on any atom is 0.271 e. The maximum atomic E-state index is 13.3. The van der Waals surface area contributed by atoms with E-state index in [2.05, 4.69) is 13.8 Å². The molecule has 0 aromatic heterocycles. The van der Waals surface area contributed by atoms with Crippen molar-refractivity contribution < 1.29 is 13.5 Å². The van der Waals surface area contributed by atoms with Gasteiger partial charge in [-0.15, -0.1) is 0 Å². The van der Waals surface area contributed by atoms with Gasteiger partial charge in [0.05, 0.1) is 6.10 Å². The average molecular weight is 250 g/mol. The lowest BCUT2D eigenvalue weighted by molar-refractivity contribution is -0.0978. The second-order valence-electron chi connectivity index (χ2n) is 5.56. The topological polar surface area (TPSA) is 9.23 Å². The molecule has 17 heavy (non-hydrogen) atoms. The summed E-state index contributed by atoms with van der Waals surface area (Å²) in [4.78, 5) is 0. The van der Waals surface area contributed by atoms with Crippen molar-refractivity contribution in [1.29, 1.82) is 0 Å². The van der Waals surface area contributed by atoms with Crippen molar-refractivity contribution in [2.75, 3.05) is 6.61 Å². The van der Waals surface area contributed by atoms with E-state index < -0.39 is 12.5 Å². The lowest BCUT2D eigenvalue weighted by Gasteiger charge is -2.18. The number of alkyl halides is 2. The molecule has 1 nitrogen and oxygen atoms in total. The van der Waals surface area contributed by atoms with Crippen LogP contribution in [0.5, 0.6) is 0 Å². The summed E-state index contributed by atoms with van der Waals surface area (Å²) in [5, 5.41) is 0. The van der Waals surface area contributed by atoms with Gasteiger partial charge in [0.2, 0.25) is 0 Å². The Morgan fingerprint density at radius 3 is 2.06 bits per heavy atom. The van der Waals surface area contributed by atoms with E-state index in [-0.39, 0.29) is 12.5 Å². The lowest BCUT2D eigenvalue weighted by Crippen LogP contribution is -2.25. The Labute approximate surface area is 105 Å². The number of unbranched alkanes of at least 4 members (excludes halogenated alkanes) is 3. The Balaban J connectivity index is 3.45. The van der Waals surface area contributed by atoms with E-state index in [0.717, 1.165) is 25.2 Å². The highest BCUT2D eigenvalue weighted by Gasteiger charge is 2.28. The first-order valence-corrected chi connectivity index (χ1v) is 6.83. The van der Waals surface area contributed by atoms with Gasteiger partial charge in [-0.1, -0.05) is 39.5 Å². The fourth-order valence-corrected chi connectivity index (χ4v) is 1.65. The maximum absolute atomic E-state index is 13.3. The molecule has 0 aromatic rings. The largest absolute Gasteiger partial charge is 0.373 e. The second kappa shape index (κ2) is 8.84. The molecule has 0 aliphatic heterocycles. The summed E-state index contributed by atoms with van der Waals surface area (Å²) in [6, 6.07) is 0. The van der Waals surface area contributed by atoms with E-state index in [9.17, 15) is 8.78 Å². The standard InChI is InChI=1S/C14H28F2O/c1-12(2)9-7-5-6-8-10-14(15,16)11-17-13(3)4/h12-13H,5-11H2,1-4H3. The third-order valence-electron chi connectivity index (χ3n) is 2.70. The van der Waals surface area contributed by atoms with E-state index >= 15 is 0 Å². The minimum Gasteiger partial charge on any atom is -0.373 e. The van der Waals surface area contributed by atoms with Gasteiger partial charge in [-0.25, -0.2) is 8.78 Å². The summed E-state index contributed by atoms with van der Waals surface area (Å²) >= 11 is 0. The van der Waals surface area contributed by atoms with E-state index in [0.29, 0.717) is 6.42 Å². The molecule has 0 fully saturated rings. The molecule has 0 radical (unpaired) electrons. The molecule has 0 unspecified atom stereocenters. The van der Waals surface area contributed by atoms with Crippen molar-refractivity contribution in [2.24, 2.45) is 5.92 Å². The zero-order chi connectivity index (χ0) is 13.3. The molecule has 0 bridgehead atoms. The summed E-state index contributed by atoms with van der Waals surface area (Å²) in [6.07, 6.45) is 4.78. The van der Waals surface area contributed by atoms with Crippen LogP contribution in [-0.2, 0) is 4.74 Å². The van der Waals surface area contributed by atoms with Crippen molar-refractivity contribution in [3.63, 3.8) is 0 Å². The molecule has 0 aromatic carbocycles. The number of hydrogen-bond acceptors (Lipinski definition) is 1. The molecule has 3 heteroatoms. The van der Waals surface area contributed by atoms with Crippen LogP contribution in [0, 0.1) is 5.92 Å². The van der Waals surface area contributed by atoms with Crippen LogP contribution >= 0.6 is 0 Å². The van der Waals surface area contributed by atoms with Gasteiger partial charge >= 0.3 is 0 Å². The van der Waals surface area contributed by atoms with Gasteiger partial charge < -0.3 is 4.74 Å². The highest BCUT2D eigenvalue weighted by Crippen LogP contribution is 2.23. The van der Waals surface area contributed by atoms with E-state index in [1.807, 2.05) is 0 Å². The molecule has 0 saturated carbocycles. The highest BCUT2D eigenvalue weighted by atomic mass is 19.3. The van der Waals surface area contributed by atoms with Crippen molar-refractivity contribution in [2.45, 2.75) is 78.2 Å². The molecule has 0 saturated heterocycles. The molecule has 0 rings (SSSR count). The Bertz CT molecular complexity index is 179. The molecule has 0 heterocycles. The van der Waals surface area contributed by atoms with Crippen molar-refractivity contribution in [3.8, 4) is 0 Å². The fourth-order valence-electron chi connectivity index (χ4n) is 1.65. The highest BCUT2D eigenvalue weighted by molar-refractivity contribution is 4.65. The first-order chi connectivity index (χ1) is 7.83. The quantitative estimate of drug-likeness (QED) is 0.493. The Kier molecular flexibility index (Phi) is 8.75. The molecular formula is C14H28F2O. The van der Waals surface area contributed by atoms with Gasteiger partial charge in [0, 0.05) is 6.42 Å². The lowest BCUT2D eigenvalue weighted by atomic mass is 10.0. The van der Waals surface area contributed by atoms with Crippen LogP contribution < -0.4 is 0 Å². The second-order valence-corrected chi connectivity index (χ2v) is 5.56. The Hall–Kier alpha value is -0.180. The van der Waals surface area contributed by atoms with Crippen LogP contribution in [-0.4, -0.2) is 18.6 Å². The molecule has 0 aliphatic rings. The number of halogens is 2. The van der Waals surface area contributed by atoms with Crippen molar-refractivity contribution in [1.82, 2.24) is 0 Å². The molecule has 0 spiro atoms. The van der Waals surface area contributed by atoms with Crippen LogP contribution in [0.15, 0.2) is 0 Å². The van der Waals surface area contributed by atoms with Gasteiger partial charge in [0.15, 0.2) is 0 Å². The van der Waals surface area contributed by atoms with E-state index in [1.54, 1.807) is 13.8 Å². The van der Waals surface area contributed by atoms with Crippen LogP contribution in [0.3, 0.4) is 0 Å². The van der Waals surface area contributed by atoms with Crippen LogP contribution in [0.4, 0.5) is 8.78 Å². The van der Waals surface area contributed by atoms with E-state index in [4.69, 9.17) is 4.74 Å². The van der Waals surface area contributed by atoms with Crippen molar-refractivity contribution in [3.05, 3.63) is 0 Å². The smallest absolute Gasteiger partial charge is 0.271 e. The summed E-state index contributed by atoms with van der Waals surface area (Å²) in [7, 11) is 0. The van der Waals surface area contributed by atoms with Gasteiger partial charge in [0.25, 0.3) is 5.92 Å². The van der Waals surface area contributed by atoms with Crippen LogP contribution in [0.1, 0.15) is 66.2 Å². The zero-order valence-corrected chi connectivity index (χ0v) is 11.8. The fraction of sp³-hybridized carbons (Fsp3) is 1.00. The summed E-state index contributed by atoms with van der Waals surface area (Å²) in [6.45, 7) is 7.51. The third-order valence-corrected chi connectivity index (χ3v) is 2.70. The predicted molar refractivity (Wildman–Crippen MR) is 68.6 cm³/mol. The van der Waals surface area contributed by atoms with Gasteiger partial charge in [0.1, 0.15) is 6.61 Å². The third kappa shape index (κ3) is 12.1. The molecular weight excluding hydrogens is 222 g/mol. The Morgan fingerprint density at radius 2 is 1.53 bits per heavy atom. The summed E-state index contributed by atoms with van der Waals surface area (Å²) in [5.74, 6) is -1.93. The minimum absolute atomic E-state index is 0.0403. The van der Waals surface area contributed by atoms with Gasteiger partial charge in [-0.2, -0.15) is 0 Å². The SMILES string of the molecule is CC(C)CCCCCCC(F)(F)COC(C)C.